The Hall–Kier alpha value is -1.55. The highest BCUT2D eigenvalue weighted by molar-refractivity contribution is 5.87. The first-order valence-corrected chi connectivity index (χ1v) is 7.04. The summed E-state index contributed by atoms with van der Waals surface area (Å²) in [7, 11) is 2.13. The van der Waals surface area contributed by atoms with E-state index in [1.165, 1.54) is 0 Å². The minimum atomic E-state index is -0.917. The van der Waals surface area contributed by atoms with Gasteiger partial charge in [0, 0.05) is 12.1 Å². The van der Waals surface area contributed by atoms with Crippen LogP contribution in [0.15, 0.2) is 24.3 Å². The predicted molar refractivity (Wildman–Crippen MR) is 80.5 cm³/mol. The lowest BCUT2D eigenvalue weighted by molar-refractivity contribution is 0.0697. The van der Waals surface area contributed by atoms with Crippen LogP contribution in [0, 0.1) is 0 Å². The molecule has 0 fully saturated rings. The van der Waals surface area contributed by atoms with Gasteiger partial charge in [-0.15, -0.1) is 0 Å². The first-order chi connectivity index (χ1) is 9.36. The number of hydrogen-bond acceptors (Lipinski definition) is 3. The van der Waals surface area contributed by atoms with Gasteiger partial charge < -0.3 is 14.7 Å². The molecule has 0 aromatic heterocycles. The molecule has 20 heavy (non-hydrogen) atoms. The van der Waals surface area contributed by atoms with Crippen LogP contribution in [0.4, 0.5) is 0 Å². The molecule has 1 rings (SSSR count). The van der Waals surface area contributed by atoms with E-state index >= 15 is 0 Å². The second-order valence-corrected chi connectivity index (χ2v) is 5.62. The Balaban J connectivity index is 2.33. The van der Waals surface area contributed by atoms with E-state index < -0.39 is 5.97 Å². The number of carboxylic acids is 1. The van der Waals surface area contributed by atoms with Crippen molar-refractivity contribution in [2.75, 3.05) is 20.2 Å². The summed E-state index contributed by atoms with van der Waals surface area (Å²) in [5.41, 5.74) is 0.491. The van der Waals surface area contributed by atoms with Crippen molar-refractivity contribution in [3.05, 3.63) is 29.8 Å². The van der Waals surface area contributed by atoms with Crippen molar-refractivity contribution in [1.82, 2.24) is 4.90 Å². The molecule has 0 saturated carbocycles. The smallest absolute Gasteiger partial charge is 0.335 e. The topological polar surface area (TPSA) is 49.8 Å². The van der Waals surface area contributed by atoms with Gasteiger partial charge in [-0.1, -0.05) is 6.92 Å². The third-order valence-electron chi connectivity index (χ3n) is 3.91. The molecule has 0 heterocycles. The average molecular weight is 279 g/mol. The number of carbonyl (C=O) groups is 1. The quantitative estimate of drug-likeness (QED) is 0.742. The van der Waals surface area contributed by atoms with Crippen LogP contribution in [0.3, 0.4) is 0 Å². The van der Waals surface area contributed by atoms with Gasteiger partial charge in [0.25, 0.3) is 0 Å². The monoisotopic (exact) mass is 279 g/mol. The second-order valence-electron chi connectivity index (χ2n) is 5.62. The number of aromatic carboxylic acids is 1. The van der Waals surface area contributed by atoms with E-state index in [9.17, 15) is 4.79 Å². The van der Waals surface area contributed by atoms with Crippen molar-refractivity contribution < 1.29 is 14.6 Å². The zero-order valence-corrected chi connectivity index (χ0v) is 12.8. The van der Waals surface area contributed by atoms with Gasteiger partial charge in [-0.25, -0.2) is 4.79 Å². The SMILES string of the molecule is CCC(C)(C)N(C)CCCOc1ccc(C(=O)O)cc1. The summed E-state index contributed by atoms with van der Waals surface area (Å²) < 4.78 is 5.62. The summed E-state index contributed by atoms with van der Waals surface area (Å²) in [6.07, 6.45) is 2.06. The van der Waals surface area contributed by atoms with Gasteiger partial charge in [-0.3, -0.25) is 0 Å². The fourth-order valence-corrected chi connectivity index (χ4v) is 1.76. The van der Waals surface area contributed by atoms with Gasteiger partial charge in [-0.2, -0.15) is 0 Å². The number of carboxylic acid groups (broad SMARTS) is 1. The zero-order valence-electron chi connectivity index (χ0n) is 12.8. The van der Waals surface area contributed by atoms with Gasteiger partial charge >= 0.3 is 5.97 Å². The third kappa shape index (κ3) is 4.85. The molecule has 0 radical (unpaired) electrons. The number of rotatable bonds is 8. The first kappa shape index (κ1) is 16.5. The fourth-order valence-electron chi connectivity index (χ4n) is 1.76. The Kier molecular flexibility index (Phi) is 6.02. The van der Waals surface area contributed by atoms with Gasteiger partial charge in [-0.05, 0) is 58.0 Å². The van der Waals surface area contributed by atoms with E-state index in [-0.39, 0.29) is 11.1 Å². The van der Waals surface area contributed by atoms with Crippen molar-refractivity contribution >= 4 is 5.97 Å². The van der Waals surface area contributed by atoms with Crippen LogP contribution in [-0.4, -0.2) is 41.7 Å². The third-order valence-corrected chi connectivity index (χ3v) is 3.91. The summed E-state index contributed by atoms with van der Waals surface area (Å²) >= 11 is 0. The van der Waals surface area contributed by atoms with Crippen LogP contribution in [0.5, 0.6) is 5.75 Å². The molecule has 1 N–H and O–H groups in total. The zero-order chi connectivity index (χ0) is 15.2. The molecule has 0 atom stereocenters. The van der Waals surface area contributed by atoms with Crippen molar-refractivity contribution in [2.45, 2.75) is 39.2 Å². The van der Waals surface area contributed by atoms with E-state index in [1.807, 2.05) is 0 Å². The van der Waals surface area contributed by atoms with Gasteiger partial charge in [0.15, 0.2) is 0 Å². The fraction of sp³-hybridized carbons (Fsp3) is 0.562. The van der Waals surface area contributed by atoms with Gasteiger partial charge in [0.1, 0.15) is 5.75 Å². The number of ether oxygens (including phenoxy) is 1. The highest BCUT2D eigenvalue weighted by Crippen LogP contribution is 2.17. The Morgan fingerprint density at radius 3 is 2.40 bits per heavy atom. The molecular formula is C16H25NO3. The Morgan fingerprint density at radius 2 is 1.90 bits per heavy atom. The number of benzene rings is 1. The van der Waals surface area contributed by atoms with E-state index in [1.54, 1.807) is 24.3 Å². The Morgan fingerprint density at radius 1 is 1.30 bits per heavy atom. The molecule has 0 spiro atoms. The molecule has 0 amide bonds. The summed E-state index contributed by atoms with van der Waals surface area (Å²) in [6.45, 7) is 8.28. The van der Waals surface area contributed by atoms with Crippen molar-refractivity contribution in [1.29, 1.82) is 0 Å². The lowest BCUT2D eigenvalue weighted by atomic mass is 10.00. The highest BCUT2D eigenvalue weighted by Gasteiger charge is 2.20. The van der Waals surface area contributed by atoms with E-state index in [0.29, 0.717) is 12.4 Å². The maximum absolute atomic E-state index is 10.7. The van der Waals surface area contributed by atoms with E-state index in [2.05, 4.69) is 32.7 Å². The molecule has 0 bridgehead atoms. The Labute approximate surface area is 121 Å². The molecule has 112 valence electrons. The minimum Gasteiger partial charge on any atom is -0.494 e. The second kappa shape index (κ2) is 7.29. The van der Waals surface area contributed by atoms with Crippen molar-refractivity contribution in [3.8, 4) is 5.75 Å². The maximum atomic E-state index is 10.7. The van der Waals surface area contributed by atoms with Crippen LogP contribution in [0.1, 0.15) is 44.0 Å². The lowest BCUT2D eigenvalue weighted by Gasteiger charge is -2.34. The molecule has 1 aromatic rings. The molecule has 0 unspecified atom stereocenters. The standard InChI is InChI=1S/C16H25NO3/c1-5-16(2,3)17(4)11-6-12-20-14-9-7-13(8-10-14)15(18)19/h7-10H,5-6,11-12H2,1-4H3,(H,18,19). The summed E-state index contributed by atoms with van der Waals surface area (Å²) in [5, 5.41) is 8.80. The largest absolute Gasteiger partial charge is 0.494 e. The van der Waals surface area contributed by atoms with Crippen LogP contribution in [0.2, 0.25) is 0 Å². The van der Waals surface area contributed by atoms with Crippen LogP contribution < -0.4 is 4.74 Å². The number of hydrogen-bond donors (Lipinski definition) is 1. The normalized spacial score (nSPS) is 11.7. The molecule has 4 heteroatoms. The minimum absolute atomic E-state index is 0.211. The first-order valence-electron chi connectivity index (χ1n) is 7.04. The molecule has 4 nitrogen and oxygen atoms in total. The van der Waals surface area contributed by atoms with Gasteiger partial charge in [0.05, 0.1) is 12.2 Å². The highest BCUT2D eigenvalue weighted by atomic mass is 16.5. The van der Waals surface area contributed by atoms with Crippen LogP contribution in [-0.2, 0) is 0 Å². The predicted octanol–water partition coefficient (Wildman–Crippen LogP) is 3.27. The van der Waals surface area contributed by atoms with Crippen molar-refractivity contribution in [3.63, 3.8) is 0 Å². The van der Waals surface area contributed by atoms with E-state index in [4.69, 9.17) is 9.84 Å². The molecule has 0 aliphatic heterocycles. The molecule has 0 saturated heterocycles. The van der Waals surface area contributed by atoms with Crippen LogP contribution >= 0.6 is 0 Å². The Bertz CT molecular complexity index is 426. The molecule has 0 aliphatic rings. The van der Waals surface area contributed by atoms with Crippen molar-refractivity contribution in [2.24, 2.45) is 0 Å². The molecule has 1 aromatic carbocycles. The summed E-state index contributed by atoms with van der Waals surface area (Å²) in [4.78, 5) is 13.1. The van der Waals surface area contributed by atoms with Crippen LogP contribution in [0.25, 0.3) is 0 Å². The molecule has 0 aliphatic carbocycles. The average Bonchev–Trinajstić information content (AvgIpc) is 2.43. The maximum Gasteiger partial charge on any atom is 0.335 e. The summed E-state index contributed by atoms with van der Waals surface area (Å²) in [5.74, 6) is -0.202. The summed E-state index contributed by atoms with van der Waals surface area (Å²) in [6, 6.07) is 6.51. The lowest BCUT2D eigenvalue weighted by Crippen LogP contribution is -2.41. The van der Waals surface area contributed by atoms with E-state index in [0.717, 1.165) is 19.4 Å². The van der Waals surface area contributed by atoms with Gasteiger partial charge in [0.2, 0.25) is 0 Å². The number of nitrogens with zero attached hydrogens (tertiary/aromatic N) is 1. The molecular weight excluding hydrogens is 254 g/mol.